The van der Waals surface area contributed by atoms with Crippen LogP contribution in [-0.2, 0) is 0 Å². The number of ether oxygens (including phenoxy) is 1. The van der Waals surface area contributed by atoms with Crippen molar-refractivity contribution in [2.24, 2.45) is 11.7 Å². The molecular formula is C14H19NO. The zero-order valence-corrected chi connectivity index (χ0v) is 9.78. The van der Waals surface area contributed by atoms with Crippen LogP contribution < -0.4 is 10.5 Å². The van der Waals surface area contributed by atoms with Crippen molar-refractivity contribution in [3.8, 4) is 5.75 Å². The number of methoxy groups -OCH3 is 1. The lowest BCUT2D eigenvalue weighted by Gasteiger charge is -2.23. The maximum atomic E-state index is 5.83. The molecule has 0 saturated carbocycles. The molecule has 1 aliphatic carbocycles. The van der Waals surface area contributed by atoms with Gasteiger partial charge in [-0.3, -0.25) is 0 Å². The van der Waals surface area contributed by atoms with Crippen LogP contribution >= 0.6 is 0 Å². The molecule has 1 aliphatic rings. The van der Waals surface area contributed by atoms with Gasteiger partial charge in [-0.2, -0.15) is 0 Å². The Kier molecular flexibility index (Phi) is 3.62. The van der Waals surface area contributed by atoms with Gasteiger partial charge < -0.3 is 10.5 Å². The topological polar surface area (TPSA) is 35.2 Å². The van der Waals surface area contributed by atoms with Crippen LogP contribution in [-0.4, -0.2) is 13.7 Å². The normalized spacial score (nSPS) is 20.4. The lowest BCUT2D eigenvalue weighted by atomic mass is 9.84. The highest BCUT2D eigenvalue weighted by Gasteiger charge is 2.17. The zero-order chi connectivity index (χ0) is 11.4. The van der Waals surface area contributed by atoms with E-state index < -0.39 is 0 Å². The third-order valence-corrected chi connectivity index (χ3v) is 3.25. The van der Waals surface area contributed by atoms with E-state index in [-0.39, 0.29) is 0 Å². The summed E-state index contributed by atoms with van der Waals surface area (Å²) in [7, 11) is 1.70. The molecule has 86 valence electrons. The number of benzene rings is 1. The maximum absolute atomic E-state index is 5.83. The van der Waals surface area contributed by atoms with Crippen molar-refractivity contribution in [3.05, 3.63) is 35.9 Å². The van der Waals surface area contributed by atoms with Gasteiger partial charge in [0.25, 0.3) is 0 Å². The second-order valence-corrected chi connectivity index (χ2v) is 4.25. The van der Waals surface area contributed by atoms with Crippen molar-refractivity contribution in [2.45, 2.75) is 19.3 Å². The highest BCUT2D eigenvalue weighted by molar-refractivity contribution is 5.69. The Morgan fingerprint density at radius 1 is 1.44 bits per heavy atom. The zero-order valence-electron chi connectivity index (χ0n) is 9.78. The van der Waals surface area contributed by atoms with Crippen LogP contribution in [0.25, 0.3) is 5.57 Å². The van der Waals surface area contributed by atoms with E-state index in [0.717, 1.165) is 12.3 Å². The summed E-state index contributed by atoms with van der Waals surface area (Å²) in [5.74, 6) is 1.43. The first kappa shape index (κ1) is 11.2. The van der Waals surface area contributed by atoms with E-state index >= 15 is 0 Å². The number of nitrogens with two attached hydrogens (primary N) is 1. The molecule has 1 aromatic rings. The van der Waals surface area contributed by atoms with Crippen molar-refractivity contribution < 1.29 is 4.74 Å². The summed E-state index contributed by atoms with van der Waals surface area (Å²) in [6.07, 6.45) is 5.97. The molecule has 0 aliphatic heterocycles. The Hall–Kier alpha value is -1.28. The van der Waals surface area contributed by atoms with E-state index in [2.05, 4.69) is 18.2 Å². The summed E-state index contributed by atoms with van der Waals surface area (Å²) < 4.78 is 5.26. The minimum Gasteiger partial charge on any atom is -0.497 e. The van der Waals surface area contributed by atoms with Crippen molar-refractivity contribution in [1.29, 1.82) is 0 Å². The highest BCUT2D eigenvalue weighted by Crippen LogP contribution is 2.33. The molecule has 1 atom stereocenters. The minimum absolute atomic E-state index is 0.515. The molecule has 0 radical (unpaired) electrons. The van der Waals surface area contributed by atoms with Gasteiger partial charge in [-0.25, -0.2) is 0 Å². The van der Waals surface area contributed by atoms with Crippen LogP contribution in [0.1, 0.15) is 24.8 Å². The van der Waals surface area contributed by atoms with Crippen LogP contribution in [0.3, 0.4) is 0 Å². The first-order valence-electron chi connectivity index (χ1n) is 5.89. The molecule has 2 rings (SSSR count). The first-order chi connectivity index (χ1) is 7.85. The van der Waals surface area contributed by atoms with Crippen molar-refractivity contribution in [2.75, 3.05) is 13.7 Å². The monoisotopic (exact) mass is 217 g/mol. The van der Waals surface area contributed by atoms with E-state index in [1.807, 2.05) is 12.1 Å². The molecule has 16 heavy (non-hydrogen) atoms. The first-order valence-corrected chi connectivity index (χ1v) is 5.89. The van der Waals surface area contributed by atoms with E-state index in [0.29, 0.717) is 5.92 Å². The molecule has 1 unspecified atom stereocenters. The summed E-state index contributed by atoms with van der Waals surface area (Å²) >= 11 is 0. The Morgan fingerprint density at radius 2 is 2.31 bits per heavy atom. The Balaban J connectivity index is 2.30. The average Bonchev–Trinajstić information content (AvgIpc) is 2.38. The molecule has 2 nitrogen and oxygen atoms in total. The Bertz CT molecular complexity index is 384. The fourth-order valence-corrected chi connectivity index (χ4v) is 2.34. The van der Waals surface area contributed by atoms with Crippen molar-refractivity contribution >= 4 is 5.57 Å². The van der Waals surface area contributed by atoms with Crippen molar-refractivity contribution in [3.63, 3.8) is 0 Å². The molecule has 0 spiro atoms. The van der Waals surface area contributed by atoms with E-state index in [9.17, 15) is 0 Å². The second-order valence-electron chi connectivity index (χ2n) is 4.25. The summed E-state index contributed by atoms with van der Waals surface area (Å²) in [6.45, 7) is 0.739. The SMILES string of the molecule is COc1cccc(C2=CCCCC2CN)c1. The molecule has 2 N–H and O–H groups in total. The summed E-state index contributed by atoms with van der Waals surface area (Å²) in [5, 5.41) is 0. The molecule has 0 fully saturated rings. The van der Waals surface area contributed by atoms with Gasteiger partial charge in [0.15, 0.2) is 0 Å². The van der Waals surface area contributed by atoms with Crippen LogP contribution in [0.5, 0.6) is 5.75 Å². The number of allylic oxidation sites excluding steroid dienone is 1. The van der Waals surface area contributed by atoms with Crippen LogP contribution in [0, 0.1) is 5.92 Å². The summed E-state index contributed by atoms with van der Waals surface area (Å²) in [4.78, 5) is 0. The lowest BCUT2D eigenvalue weighted by molar-refractivity contribution is 0.414. The molecule has 0 saturated heterocycles. The van der Waals surface area contributed by atoms with Gasteiger partial charge in [0.05, 0.1) is 7.11 Å². The molecule has 1 aromatic carbocycles. The van der Waals surface area contributed by atoms with Crippen LogP contribution in [0.4, 0.5) is 0 Å². The number of rotatable bonds is 3. The quantitative estimate of drug-likeness (QED) is 0.845. The van der Waals surface area contributed by atoms with E-state index in [1.165, 1.54) is 30.4 Å². The summed E-state index contributed by atoms with van der Waals surface area (Å²) in [6, 6.07) is 8.25. The standard InChI is InChI=1S/C14H19NO/c1-16-13-7-4-6-11(9-13)14-8-3-2-5-12(14)10-15/h4,6-9,12H,2-3,5,10,15H2,1H3. The third kappa shape index (κ3) is 2.27. The number of hydrogen-bond acceptors (Lipinski definition) is 2. The van der Waals surface area contributed by atoms with Gasteiger partial charge in [-0.05, 0) is 55.0 Å². The molecule has 2 heteroatoms. The van der Waals surface area contributed by atoms with Gasteiger partial charge in [0, 0.05) is 0 Å². The predicted octanol–water partition coefficient (Wildman–Crippen LogP) is 2.84. The van der Waals surface area contributed by atoms with Gasteiger partial charge in [-0.15, -0.1) is 0 Å². The van der Waals surface area contributed by atoms with Gasteiger partial charge in [-0.1, -0.05) is 18.2 Å². The molecule has 0 amide bonds. The van der Waals surface area contributed by atoms with Gasteiger partial charge >= 0.3 is 0 Å². The summed E-state index contributed by atoms with van der Waals surface area (Å²) in [5.41, 5.74) is 8.48. The molecule has 0 heterocycles. The van der Waals surface area contributed by atoms with Crippen molar-refractivity contribution in [1.82, 2.24) is 0 Å². The van der Waals surface area contributed by atoms with Gasteiger partial charge in [0.1, 0.15) is 5.75 Å². The Morgan fingerprint density at radius 3 is 3.06 bits per heavy atom. The van der Waals surface area contributed by atoms with Gasteiger partial charge in [0.2, 0.25) is 0 Å². The fraction of sp³-hybridized carbons (Fsp3) is 0.429. The minimum atomic E-state index is 0.515. The molecular weight excluding hydrogens is 198 g/mol. The largest absolute Gasteiger partial charge is 0.497 e. The molecule has 0 aromatic heterocycles. The second kappa shape index (κ2) is 5.17. The highest BCUT2D eigenvalue weighted by atomic mass is 16.5. The fourth-order valence-electron chi connectivity index (χ4n) is 2.34. The molecule has 0 bridgehead atoms. The Labute approximate surface area is 97.1 Å². The maximum Gasteiger partial charge on any atom is 0.119 e. The van der Waals surface area contributed by atoms with E-state index in [4.69, 9.17) is 10.5 Å². The van der Waals surface area contributed by atoms with E-state index in [1.54, 1.807) is 7.11 Å². The average molecular weight is 217 g/mol. The smallest absolute Gasteiger partial charge is 0.119 e. The van der Waals surface area contributed by atoms with Crippen LogP contribution in [0.15, 0.2) is 30.3 Å². The number of hydrogen-bond donors (Lipinski definition) is 1. The third-order valence-electron chi connectivity index (χ3n) is 3.25. The predicted molar refractivity (Wildman–Crippen MR) is 67.4 cm³/mol. The van der Waals surface area contributed by atoms with Crippen LogP contribution in [0.2, 0.25) is 0 Å². The lowest BCUT2D eigenvalue weighted by Crippen LogP contribution is -2.18.